The molecule has 1 fully saturated rings. The molecule has 2 heterocycles. The van der Waals surface area contributed by atoms with Crippen LogP contribution in [0.3, 0.4) is 0 Å². The molecule has 96 valence electrons. The Kier molecular flexibility index (Phi) is 5.35. The number of nitrogens with one attached hydrogen (secondary N) is 1. The Bertz CT molecular complexity index is 338. The van der Waals surface area contributed by atoms with Crippen LogP contribution < -0.4 is 5.32 Å². The van der Waals surface area contributed by atoms with Gasteiger partial charge < -0.3 is 5.32 Å². The molecule has 0 saturated carbocycles. The summed E-state index contributed by atoms with van der Waals surface area (Å²) in [6.45, 7) is 6.96. The van der Waals surface area contributed by atoms with Gasteiger partial charge in [0, 0.05) is 46.9 Å². The molecule has 2 rings (SSSR count). The average molecular weight is 270 g/mol. The highest BCUT2D eigenvalue weighted by molar-refractivity contribution is 8.00. The predicted molar refractivity (Wildman–Crippen MR) is 78.9 cm³/mol. The molecule has 1 aliphatic heterocycles. The first-order chi connectivity index (χ1) is 8.31. The number of nitrogens with zero attached hydrogens (tertiary/aromatic N) is 1. The molecular weight excluding hydrogens is 248 g/mol. The lowest BCUT2D eigenvalue weighted by molar-refractivity contribution is 0.275. The Morgan fingerprint density at radius 2 is 2.24 bits per heavy atom. The van der Waals surface area contributed by atoms with Crippen molar-refractivity contribution in [2.75, 3.05) is 25.9 Å². The van der Waals surface area contributed by atoms with E-state index in [9.17, 15) is 0 Å². The van der Waals surface area contributed by atoms with Crippen molar-refractivity contribution in [1.29, 1.82) is 0 Å². The molecule has 0 aromatic carbocycles. The lowest BCUT2D eigenvalue weighted by Gasteiger charge is -2.31. The van der Waals surface area contributed by atoms with Gasteiger partial charge in [-0.15, -0.1) is 11.3 Å². The summed E-state index contributed by atoms with van der Waals surface area (Å²) < 4.78 is 0. The third-order valence-electron chi connectivity index (χ3n) is 3.13. The van der Waals surface area contributed by atoms with Crippen LogP contribution in [0.15, 0.2) is 12.1 Å². The van der Waals surface area contributed by atoms with E-state index >= 15 is 0 Å². The van der Waals surface area contributed by atoms with Gasteiger partial charge in [-0.2, -0.15) is 11.8 Å². The van der Waals surface area contributed by atoms with E-state index in [1.54, 1.807) is 0 Å². The van der Waals surface area contributed by atoms with Gasteiger partial charge in [0.2, 0.25) is 0 Å². The summed E-state index contributed by atoms with van der Waals surface area (Å²) in [4.78, 5) is 5.57. The molecule has 0 amide bonds. The summed E-state index contributed by atoms with van der Waals surface area (Å²) in [5.74, 6) is 1.30. The van der Waals surface area contributed by atoms with Crippen molar-refractivity contribution >= 4 is 23.1 Å². The Labute approximate surface area is 113 Å². The molecule has 17 heavy (non-hydrogen) atoms. The molecule has 1 N–H and O–H groups in total. The molecule has 4 heteroatoms. The van der Waals surface area contributed by atoms with E-state index in [-0.39, 0.29) is 0 Å². The third-order valence-corrected chi connectivity index (χ3v) is 5.57. The fraction of sp³-hybridized carbons (Fsp3) is 0.692. The van der Waals surface area contributed by atoms with E-state index in [0.717, 1.165) is 18.3 Å². The van der Waals surface area contributed by atoms with Crippen LogP contribution in [0.1, 0.15) is 23.1 Å². The quantitative estimate of drug-likeness (QED) is 0.886. The SMILES string of the molecule is CCC1CN(Cc2ccc(CNC)s2)CCS1. The highest BCUT2D eigenvalue weighted by atomic mass is 32.2. The normalized spacial score (nSPS) is 21.9. The van der Waals surface area contributed by atoms with Crippen molar-refractivity contribution in [3.63, 3.8) is 0 Å². The van der Waals surface area contributed by atoms with Crippen molar-refractivity contribution in [2.45, 2.75) is 31.7 Å². The van der Waals surface area contributed by atoms with Gasteiger partial charge in [-0.05, 0) is 25.6 Å². The second-order valence-corrected chi connectivity index (χ2v) is 7.20. The van der Waals surface area contributed by atoms with Crippen molar-refractivity contribution in [2.24, 2.45) is 0 Å². The Morgan fingerprint density at radius 1 is 1.41 bits per heavy atom. The van der Waals surface area contributed by atoms with Gasteiger partial charge in [0.25, 0.3) is 0 Å². The topological polar surface area (TPSA) is 15.3 Å². The molecule has 0 spiro atoms. The van der Waals surface area contributed by atoms with Gasteiger partial charge in [0.05, 0.1) is 0 Å². The van der Waals surface area contributed by atoms with Gasteiger partial charge in [-0.3, -0.25) is 4.90 Å². The van der Waals surface area contributed by atoms with E-state index in [1.165, 1.54) is 35.0 Å². The summed E-state index contributed by atoms with van der Waals surface area (Å²) in [6, 6.07) is 4.55. The zero-order valence-corrected chi connectivity index (χ0v) is 12.4. The molecule has 1 saturated heterocycles. The van der Waals surface area contributed by atoms with E-state index in [1.807, 2.05) is 18.4 Å². The van der Waals surface area contributed by atoms with Crippen molar-refractivity contribution in [1.82, 2.24) is 10.2 Å². The fourth-order valence-electron chi connectivity index (χ4n) is 2.17. The van der Waals surface area contributed by atoms with Crippen LogP contribution in [0, 0.1) is 0 Å². The third kappa shape index (κ3) is 3.98. The van der Waals surface area contributed by atoms with Crippen molar-refractivity contribution in [3.8, 4) is 0 Å². The summed E-state index contributed by atoms with van der Waals surface area (Å²) in [7, 11) is 2.01. The first-order valence-electron chi connectivity index (χ1n) is 6.38. The molecule has 2 nitrogen and oxygen atoms in total. The monoisotopic (exact) mass is 270 g/mol. The van der Waals surface area contributed by atoms with Crippen LogP contribution in [-0.2, 0) is 13.1 Å². The minimum atomic E-state index is 0.848. The Balaban J connectivity index is 1.86. The average Bonchev–Trinajstić information content (AvgIpc) is 2.77. The van der Waals surface area contributed by atoms with Crippen LogP contribution in [0.4, 0.5) is 0 Å². The van der Waals surface area contributed by atoms with E-state index in [0.29, 0.717) is 0 Å². The van der Waals surface area contributed by atoms with Crippen LogP contribution in [0.25, 0.3) is 0 Å². The zero-order chi connectivity index (χ0) is 12.1. The molecule has 1 aromatic heterocycles. The number of rotatable bonds is 5. The summed E-state index contributed by atoms with van der Waals surface area (Å²) >= 11 is 4.09. The first-order valence-corrected chi connectivity index (χ1v) is 8.24. The Hall–Kier alpha value is -0.0300. The van der Waals surface area contributed by atoms with Crippen LogP contribution in [0.5, 0.6) is 0 Å². The summed E-state index contributed by atoms with van der Waals surface area (Å²) in [5.41, 5.74) is 0. The molecule has 0 aliphatic carbocycles. The molecule has 1 aliphatic rings. The standard InChI is InChI=1S/C13H22N2S2/c1-3-11-9-15(6-7-16-11)10-13-5-4-12(17-13)8-14-2/h4-5,11,14H,3,6-10H2,1-2H3. The highest BCUT2D eigenvalue weighted by Gasteiger charge is 2.19. The zero-order valence-electron chi connectivity index (χ0n) is 10.7. The Morgan fingerprint density at radius 3 is 3.00 bits per heavy atom. The minimum Gasteiger partial charge on any atom is -0.315 e. The van der Waals surface area contributed by atoms with Crippen LogP contribution >= 0.6 is 23.1 Å². The maximum Gasteiger partial charge on any atom is 0.0328 e. The van der Waals surface area contributed by atoms with Gasteiger partial charge in [0.15, 0.2) is 0 Å². The summed E-state index contributed by atoms with van der Waals surface area (Å²) in [5, 5.41) is 4.06. The summed E-state index contributed by atoms with van der Waals surface area (Å²) in [6.07, 6.45) is 1.30. The van der Waals surface area contributed by atoms with Gasteiger partial charge in [-0.1, -0.05) is 6.92 Å². The van der Waals surface area contributed by atoms with Crippen molar-refractivity contribution in [3.05, 3.63) is 21.9 Å². The molecule has 1 aromatic rings. The van der Waals surface area contributed by atoms with E-state index < -0.39 is 0 Å². The predicted octanol–water partition coefficient (Wildman–Crippen LogP) is 2.79. The molecular formula is C13H22N2S2. The lowest BCUT2D eigenvalue weighted by atomic mass is 10.3. The smallest absolute Gasteiger partial charge is 0.0328 e. The van der Waals surface area contributed by atoms with Gasteiger partial charge in [-0.25, -0.2) is 0 Å². The van der Waals surface area contributed by atoms with E-state index in [4.69, 9.17) is 0 Å². The molecule has 1 atom stereocenters. The first kappa shape index (κ1) is 13.4. The maximum atomic E-state index is 3.21. The maximum absolute atomic E-state index is 3.21. The highest BCUT2D eigenvalue weighted by Crippen LogP contribution is 2.24. The molecule has 0 radical (unpaired) electrons. The largest absolute Gasteiger partial charge is 0.315 e. The van der Waals surface area contributed by atoms with E-state index in [2.05, 4.69) is 41.0 Å². The van der Waals surface area contributed by atoms with Crippen LogP contribution in [-0.4, -0.2) is 36.0 Å². The minimum absolute atomic E-state index is 0.848. The second kappa shape index (κ2) is 6.78. The van der Waals surface area contributed by atoms with Gasteiger partial charge in [0.1, 0.15) is 0 Å². The number of thioether (sulfide) groups is 1. The van der Waals surface area contributed by atoms with Crippen molar-refractivity contribution < 1.29 is 0 Å². The molecule has 1 unspecified atom stereocenters. The number of hydrogen-bond donors (Lipinski definition) is 1. The molecule has 0 bridgehead atoms. The fourth-order valence-corrected chi connectivity index (χ4v) is 4.49. The second-order valence-electron chi connectivity index (χ2n) is 4.53. The van der Waals surface area contributed by atoms with Gasteiger partial charge >= 0.3 is 0 Å². The number of hydrogen-bond acceptors (Lipinski definition) is 4. The lowest BCUT2D eigenvalue weighted by Crippen LogP contribution is -2.36. The number of thiophene rings is 1. The van der Waals surface area contributed by atoms with Crippen LogP contribution in [0.2, 0.25) is 0 Å².